The molecule has 0 fully saturated rings. The summed E-state index contributed by atoms with van der Waals surface area (Å²) in [5.41, 5.74) is 0. The fraction of sp³-hybridized carbons (Fsp3) is 0.361. The van der Waals surface area contributed by atoms with Gasteiger partial charge in [0.05, 0.1) is 0 Å². The highest BCUT2D eigenvalue weighted by molar-refractivity contribution is 8.30. The number of carbonyl (C=O) groups is 1. The minimum atomic E-state index is -2.16. The highest BCUT2D eigenvalue weighted by Gasteiger charge is 2.35. The number of benzene rings is 3. The van der Waals surface area contributed by atoms with Gasteiger partial charge in [-0.25, -0.2) is 0 Å². The van der Waals surface area contributed by atoms with Crippen LogP contribution in [0.4, 0.5) is 0 Å². The van der Waals surface area contributed by atoms with Gasteiger partial charge in [-0.1, -0.05) is 118 Å². The number of rotatable bonds is 18. The van der Waals surface area contributed by atoms with Crippen molar-refractivity contribution in [2.45, 2.75) is 98.7 Å². The first-order chi connectivity index (χ1) is 19.3. The first-order valence-electron chi connectivity index (χ1n) is 14.8. The zero-order valence-electron chi connectivity index (χ0n) is 23.7. The normalized spacial score (nSPS) is 12.2. The van der Waals surface area contributed by atoms with Crippen LogP contribution in [0.25, 0.3) is 0 Å². The molecule has 3 heteroatoms. The Morgan fingerprint density at radius 3 is 1.51 bits per heavy atom. The largest absolute Gasteiger partial charge is 0.402 e. The van der Waals surface area contributed by atoms with Gasteiger partial charge in [0.1, 0.15) is 0 Å². The zero-order chi connectivity index (χ0) is 27.4. The molecular formula is C36H46O2S. The lowest BCUT2D eigenvalue weighted by Gasteiger charge is -2.39. The molecule has 0 saturated carbocycles. The summed E-state index contributed by atoms with van der Waals surface area (Å²) in [7, 11) is -2.16. The van der Waals surface area contributed by atoms with E-state index in [-0.39, 0.29) is 5.97 Å². The molecule has 0 N–H and O–H groups in total. The molecule has 0 bridgehead atoms. The quantitative estimate of drug-likeness (QED) is 0.118. The molecule has 0 saturated heterocycles. The number of unbranched alkanes of at least 4 members (excludes halogenated alkanes) is 8. The fourth-order valence-corrected chi connectivity index (χ4v) is 7.74. The average Bonchev–Trinajstić information content (AvgIpc) is 2.99. The maximum atomic E-state index is 13.3. The summed E-state index contributed by atoms with van der Waals surface area (Å²) >= 11 is 0. The molecule has 2 nitrogen and oxygen atoms in total. The van der Waals surface area contributed by atoms with Gasteiger partial charge in [-0.3, -0.25) is 4.79 Å². The Kier molecular flexibility index (Phi) is 14.3. The van der Waals surface area contributed by atoms with E-state index in [0.29, 0.717) is 6.42 Å². The van der Waals surface area contributed by atoms with Crippen molar-refractivity contribution >= 4 is 16.3 Å². The monoisotopic (exact) mass is 542 g/mol. The lowest BCUT2D eigenvalue weighted by Crippen LogP contribution is -2.13. The number of carbonyl (C=O) groups excluding carboxylic acids is 1. The van der Waals surface area contributed by atoms with E-state index in [0.717, 1.165) is 46.8 Å². The lowest BCUT2D eigenvalue weighted by molar-refractivity contribution is -0.133. The second-order valence-electron chi connectivity index (χ2n) is 9.93. The third-order valence-corrected chi connectivity index (χ3v) is 10.0. The van der Waals surface area contributed by atoms with Crippen molar-refractivity contribution in [3.8, 4) is 0 Å². The molecule has 0 unspecified atom stereocenters. The van der Waals surface area contributed by atoms with Crippen LogP contribution in [0.2, 0.25) is 0 Å². The molecule has 0 atom stereocenters. The summed E-state index contributed by atoms with van der Waals surface area (Å²) in [5.74, 6) is -0.118. The van der Waals surface area contributed by atoms with Crippen LogP contribution < -0.4 is 0 Å². The molecule has 39 heavy (non-hydrogen) atoms. The van der Waals surface area contributed by atoms with Gasteiger partial charge >= 0.3 is 5.97 Å². The Balaban J connectivity index is 1.48. The van der Waals surface area contributed by atoms with E-state index in [9.17, 15) is 4.79 Å². The van der Waals surface area contributed by atoms with Crippen molar-refractivity contribution in [2.24, 2.45) is 0 Å². The molecule has 0 heterocycles. The van der Waals surface area contributed by atoms with Crippen molar-refractivity contribution in [1.29, 1.82) is 0 Å². The maximum Gasteiger partial charge on any atom is 0.317 e. The van der Waals surface area contributed by atoms with Crippen molar-refractivity contribution in [1.82, 2.24) is 0 Å². The number of hydrogen-bond acceptors (Lipinski definition) is 2. The van der Waals surface area contributed by atoms with Gasteiger partial charge in [-0.15, -0.1) is 0 Å². The fourth-order valence-electron chi connectivity index (χ4n) is 4.65. The number of allylic oxidation sites excluding steroid dienone is 4. The molecular weight excluding hydrogens is 496 g/mol. The molecule has 3 aromatic carbocycles. The predicted octanol–water partition coefficient (Wildman–Crippen LogP) is 11.2. The topological polar surface area (TPSA) is 26.3 Å². The van der Waals surface area contributed by atoms with Gasteiger partial charge in [-0.05, 0) is 85.2 Å². The standard InChI is InChI=1S/C36H46O2S/c1-2-3-4-5-6-7-8-9-10-11-12-13-14-15-25-32-36(37)38-39(33-26-19-16-20-27-33,34-28-21-17-22-29-34)35-30-23-18-24-31-35/h6-7,9-10,16-24,26-31H,2-5,8,11-15,25,32H2,1H3/b7-6-,10-9-. The van der Waals surface area contributed by atoms with Gasteiger partial charge in [0.25, 0.3) is 0 Å². The van der Waals surface area contributed by atoms with E-state index in [1.54, 1.807) is 0 Å². The van der Waals surface area contributed by atoms with Crippen LogP contribution in [0, 0.1) is 0 Å². The van der Waals surface area contributed by atoms with E-state index >= 15 is 0 Å². The molecule has 0 amide bonds. The van der Waals surface area contributed by atoms with Crippen molar-refractivity contribution < 1.29 is 8.98 Å². The van der Waals surface area contributed by atoms with Crippen LogP contribution >= 0.6 is 10.3 Å². The van der Waals surface area contributed by atoms with Gasteiger partial charge < -0.3 is 4.18 Å². The van der Waals surface area contributed by atoms with E-state index < -0.39 is 10.3 Å². The zero-order valence-corrected chi connectivity index (χ0v) is 24.5. The van der Waals surface area contributed by atoms with Crippen LogP contribution in [-0.4, -0.2) is 5.97 Å². The van der Waals surface area contributed by atoms with Crippen LogP contribution in [-0.2, 0) is 8.98 Å². The molecule has 0 aliphatic heterocycles. The molecule has 3 aromatic rings. The van der Waals surface area contributed by atoms with Crippen molar-refractivity contribution in [3.05, 3.63) is 115 Å². The lowest BCUT2D eigenvalue weighted by atomic mass is 10.1. The van der Waals surface area contributed by atoms with E-state index in [1.807, 2.05) is 54.6 Å². The molecule has 0 spiro atoms. The Morgan fingerprint density at radius 1 is 0.590 bits per heavy atom. The predicted molar refractivity (Wildman–Crippen MR) is 167 cm³/mol. The van der Waals surface area contributed by atoms with E-state index in [2.05, 4.69) is 67.6 Å². The minimum Gasteiger partial charge on any atom is -0.402 e. The molecule has 208 valence electrons. The Bertz CT molecular complexity index is 1010. The van der Waals surface area contributed by atoms with Crippen LogP contribution in [0.5, 0.6) is 0 Å². The summed E-state index contributed by atoms with van der Waals surface area (Å²) < 4.78 is 6.55. The highest BCUT2D eigenvalue weighted by atomic mass is 32.3. The minimum absolute atomic E-state index is 0.118. The molecule has 0 aliphatic rings. The number of hydrogen-bond donors (Lipinski definition) is 0. The highest BCUT2D eigenvalue weighted by Crippen LogP contribution is 2.69. The third kappa shape index (κ3) is 10.2. The summed E-state index contributed by atoms with van der Waals surface area (Å²) in [6, 6.07) is 30.7. The molecule has 3 rings (SSSR count). The summed E-state index contributed by atoms with van der Waals surface area (Å²) in [4.78, 5) is 16.4. The van der Waals surface area contributed by atoms with Crippen molar-refractivity contribution in [3.63, 3.8) is 0 Å². The third-order valence-electron chi connectivity index (χ3n) is 6.77. The Labute approximate surface area is 238 Å². The van der Waals surface area contributed by atoms with Crippen LogP contribution in [0.3, 0.4) is 0 Å². The molecule has 0 radical (unpaired) electrons. The van der Waals surface area contributed by atoms with E-state index in [1.165, 1.54) is 38.5 Å². The van der Waals surface area contributed by atoms with Gasteiger partial charge in [0.2, 0.25) is 0 Å². The Morgan fingerprint density at radius 2 is 1.03 bits per heavy atom. The smallest absolute Gasteiger partial charge is 0.317 e. The summed E-state index contributed by atoms with van der Waals surface area (Å²) in [6.07, 6.45) is 22.5. The van der Waals surface area contributed by atoms with Gasteiger partial charge in [0.15, 0.2) is 0 Å². The maximum absolute atomic E-state index is 13.3. The summed E-state index contributed by atoms with van der Waals surface area (Å²) in [5, 5.41) is 0. The Hall–Kier alpha value is -3.04. The van der Waals surface area contributed by atoms with Gasteiger partial charge in [-0.2, -0.15) is 0 Å². The van der Waals surface area contributed by atoms with Gasteiger partial charge in [0, 0.05) is 21.1 Å². The molecule has 0 aliphatic carbocycles. The second-order valence-corrected chi connectivity index (χ2v) is 12.6. The second kappa shape index (κ2) is 18.3. The van der Waals surface area contributed by atoms with Crippen LogP contribution in [0.1, 0.15) is 84.0 Å². The first kappa shape index (κ1) is 30.5. The van der Waals surface area contributed by atoms with Crippen molar-refractivity contribution in [2.75, 3.05) is 0 Å². The van der Waals surface area contributed by atoms with E-state index in [4.69, 9.17) is 4.18 Å². The average molecular weight is 543 g/mol. The SMILES string of the molecule is CCCCC/C=C\C/C=C\CCCCCCCC(=O)OS(c1ccccc1)(c1ccccc1)c1ccccc1. The van der Waals surface area contributed by atoms with Crippen LogP contribution in [0.15, 0.2) is 130 Å². The summed E-state index contributed by atoms with van der Waals surface area (Å²) in [6.45, 7) is 2.25. The molecule has 0 aromatic heterocycles. The first-order valence-corrected chi connectivity index (χ1v) is 16.3.